The summed E-state index contributed by atoms with van der Waals surface area (Å²) in [6, 6.07) is 15.8. The fourth-order valence-corrected chi connectivity index (χ4v) is 3.62. The van der Waals surface area contributed by atoms with Gasteiger partial charge >= 0.3 is 11.8 Å². The summed E-state index contributed by atoms with van der Waals surface area (Å²) in [5.74, 6) is -2.16. The Morgan fingerprint density at radius 3 is 2.31 bits per heavy atom. The minimum atomic E-state index is -0.924. The summed E-state index contributed by atoms with van der Waals surface area (Å²) in [5, 5.41) is 18.4. The molecular formula is C25H24N4O3. The number of hydrogen-bond acceptors (Lipinski definition) is 4. The second-order valence-corrected chi connectivity index (χ2v) is 7.43. The van der Waals surface area contributed by atoms with Gasteiger partial charge in [0.15, 0.2) is 0 Å². The van der Waals surface area contributed by atoms with E-state index in [4.69, 9.17) is 5.26 Å². The fraction of sp³-hybridized carbons (Fsp3) is 0.200. The van der Waals surface area contributed by atoms with Crippen LogP contribution in [0.1, 0.15) is 18.4 Å². The third-order valence-corrected chi connectivity index (χ3v) is 5.42. The van der Waals surface area contributed by atoms with Crippen LogP contribution < -0.4 is 16.0 Å². The summed E-state index contributed by atoms with van der Waals surface area (Å²) < 4.78 is 0. The zero-order valence-electron chi connectivity index (χ0n) is 17.6. The fourth-order valence-electron chi connectivity index (χ4n) is 3.62. The average molecular weight is 428 g/mol. The van der Waals surface area contributed by atoms with Crippen molar-refractivity contribution in [2.75, 3.05) is 13.1 Å². The molecule has 0 aromatic heterocycles. The standard InChI is InChI=1S/C25H24N4O3/c1-3-17(16-28-24(32)23(31)27-15-14-26)19(4-2)22(30)29-25(12-13-25)21-11-7-9-18-8-5-6-10-20(18)21/h3-11H,1-2,12-13,15-16H2,(H,27,31)(H,28,32)(H,29,30)/b19-17-. The lowest BCUT2D eigenvalue weighted by Crippen LogP contribution is -2.41. The molecule has 0 bridgehead atoms. The number of nitriles is 1. The Kier molecular flexibility index (Phi) is 6.86. The predicted octanol–water partition coefficient (Wildman–Crippen LogP) is 2.37. The molecule has 0 aliphatic heterocycles. The quantitative estimate of drug-likeness (QED) is 0.259. The molecule has 1 aliphatic carbocycles. The van der Waals surface area contributed by atoms with E-state index in [0.717, 1.165) is 29.2 Å². The Morgan fingerprint density at radius 2 is 1.66 bits per heavy atom. The van der Waals surface area contributed by atoms with E-state index < -0.39 is 17.4 Å². The van der Waals surface area contributed by atoms with Crippen molar-refractivity contribution in [2.24, 2.45) is 0 Å². The van der Waals surface area contributed by atoms with Crippen molar-refractivity contribution in [3.8, 4) is 6.07 Å². The highest BCUT2D eigenvalue weighted by Crippen LogP contribution is 2.48. The number of nitrogens with zero attached hydrogens (tertiary/aromatic N) is 1. The molecule has 3 amide bonds. The van der Waals surface area contributed by atoms with Crippen LogP contribution >= 0.6 is 0 Å². The van der Waals surface area contributed by atoms with Crippen molar-refractivity contribution in [2.45, 2.75) is 18.4 Å². The number of nitrogens with one attached hydrogen (secondary N) is 3. The molecule has 162 valence electrons. The van der Waals surface area contributed by atoms with Gasteiger partial charge in [-0.15, -0.1) is 0 Å². The highest BCUT2D eigenvalue weighted by atomic mass is 16.2. The molecule has 3 N–H and O–H groups in total. The molecule has 0 unspecified atom stereocenters. The molecular weight excluding hydrogens is 404 g/mol. The van der Waals surface area contributed by atoms with Gasteiger partial charge in [-0.3, -0.25) is 14.4 Å². The molecule has 7 nitrogen and oxygen atoms in total. The first kappa shape index (κ1) is 22.5. The van der Waals surface area contributed by atoms with Crippen LogP contribution in [0.15, 0.2) is 78.9 Å². The van der Waals surface area contributed by atoms with Gasteiger partial charge in [-0.2, -0.15) is 5.26 Å². The molecule has 1 saturated carbocycles. The molecule has 0 spiro atoms. The lowest BCUT2D eigenvalue weighted by atomic mass is 9.96. The van der Waals surface area contributed by atoms with Crippen molar-refractivity contribution < 1.29 is 14.4 Å². The van der Waals surface area contributed by atoms with Gasteiger partial charge in [0.2, 0.25) is 0 Å². The molecule has 7 heteroatoms. The number of fused-ring (bicyclic) bond motifs is 1. The number of hydrogen-bond donors (Lipinski definition) is 3. The van der Waals surface area contributed by atoms with Crippen molar-refractivity contribution >= 4 is 28.5 Å². The van der Waals surface area contributed by atoms with Gasteiger partial charge in [0.25, 0.3) is 5.91 Å². The third kappa shape index (κ3) is 4.76. The van der Waals surface area contributed by atoms with Crippen molar-refractivity contribution in [1.29, 1.82) is 5.26 Å². The lowest BCUT2D eigenvalue weighted by molar-refractivity contribution is -0.138. The van der Waals surface area contributed by atoms with E-state index in [-0.39, 0.29) is 24.6 Å². The summed E-state index contributed by atoms with van der Waals surface area (Å²) in [6.45, 7) is 7.09. The molecule has 0 atom stereocenters. The lowest BCUT2D eigenvalue weighted by Gasteiger charge is -2.21. The summed E-state index contributed by atoms with van der Waals surface area (Å²) in [5.41, 5.74) is 1.30. The van der Waals surface area contributed by atoms with E-state index in [1.165, 1.54) is 12.2 Å². The number of benzene rings is 2. The van der Waals surface area contributed by atoms with Crippen LogP contribution in [0.25, 0.3) is 10.8 Å². The predicted molar refractivity (Wildman–Crippen MR) is 122 cm³/mol. The van der Waals surface area contributed by atoms with Crippen LogP contribution in [0.5, 0.6) is 0 Å². The van der Waals surface area contributed by atoms with E-state index in [0.29, 0.717) is 5.57 Å². The van der Waals surface area contributed by atoms with E-state index >= 15 is 0 Å². The maximum atomic E-state index is 13.1. The monoisotopic (exact) mass is 428 g/mol. The van der Waals surface area contributed by atoms with Crippen molar-refractivity contribution in [1.82, 2.24) is 16.0 Å². The number of rotatable bonds is 8. The van der Waals surface area contributed by atoms with E-state index in [1.54, 1.807) is 6.07 Å². The first-order chi connectivity index (χ1) is 15.5. The molecule has 2 aromatic carbocycles. The second-order valence-electron chi connectivity index (χ2n) is 7.43. The Labute approximate surface area is 186 Å². The molecule has 3 rings (SSSR count). The van der Waals surface area contributed by atoms with Crippen LogP contribution in [-0.2, 0) is 19.9 Å². The topological polar surface area (TPSA) is 111 Å². The molecule has 32 heavy (non-hydrogen) atoms. The van der Waals surface area contributed by atoms with Crippen LogP contribution in [-0.4, -0.2) is 30.8 Å². The van der Waals surface area contributed by atoms with Gasteiger partial charge in [-0.1, -0.05) is 67.8 Å². The van der Waals surface area contributed by atoms with Gasteiger partial charge in [0.05, 0.1) is 11.6 Å². The maximum absolute atomic E-state index is 13.1. The van der Waals surface area contributed by atoms with Crippen LogP contribution in [0.3, 0.4) is 0 Å². The molecule has 2 aromatic rings. The number of carbonyl (C=O) groups is 3. The summed E-state index contributed by atoms with van der Waals surface area (Å²) in [7, 11) is 0. The van der Waals surface area contributed by atoms with Gasteiger partial charge in [0.1, 0.15) is 6.54 Å². The molecule has 1 aliphatic rings. The van der Waals surface area contributed by atoms with Gasteiger partial charge in [0, 0.05) is 12.1 Å². The van der Waals surface area contributed by atoms with E-state index in [2.05, 4.69) is 29.1 Å². The zero-order chi connectivity index (χ0) is 23.1. The Morgan fingerprint density at radius 1 is 0.969 bits per heavy atom. The molecule has 1 fully saturated rings. The maximum Gasteiger partial charge on any atom is 0.310 e. The third-order valence-electron chi connectivity index (χ3n) is 5.42. The minimum Gasteiger partial charge on any atom is -0.344 e. The number of amides is 3. The van der Waals surface area contributed by atoms with Crippen molar-refractivity contribution in [3.63, 3.8) is 0 Å². The molecule has 0 heterocycles. The summed E-state index contributed by atoms with van der Waals surface area (Å²) in [6.07, 6.45) is 4.49. The highest BCUT2D eigenvalue weighted by Gasteiger charge is 2.46. The van der Waals surface area contributed by atoms with Crippen molar-refractivity contribution in [3.05, 3.63) is 84.5 Å². The largest absolute Gasteiger partial charge is 0.344 e. The van der Waals surface area contributed by atoms with E-state index in [1.807, 2.05) is 42.5 Å². The Balaban J connectivity index is 1.78. The van der Waals surface area contributed by atoms with Gasteiger partial charge in [-0.05, 0) is 34.8 Å². The van der Waals surface area contributed by atoms with Crippen LogP contribution in [0.4, 0.5) is 0 Å². The molecule has 0 radical (unpaired) electrons. The second kappa shape index (κ2) is 9.75. The highest BCUT2D eigenvalue weighted by molar-refractivity contribution is 6.35. The van der Waals surface area contributed by atoms with Gasteiger partial charge in [-0.25, -0.2) is 0 Å². The van der Waals surface area contributed by atoms with E-state index in [9.17, 15) is 14.4 Å². The Hall–Kier alpha value is -4.18. The number of carbonyl (C=O) groups excluding carboxylic acids is 3. The first-order valence-corrected chi connectivity index (χ1v) is 10.2. The van der Waals surface area contributed by atoms with Crippen LogP contribution in [0.2, 0.25) is 0 Å². The average Bonchev–Trinajstić information content (AvgIpc) is 3.59. The summed E-state index contributed by atoms with van der Waals surface area (Å²) >= 11 is 0. The zero-order valence-corrected chi connectivity index (χ0v) is 17.6. The first-order valence-electron chi connectivity index (χ1n) is 10.2. The SMILES string of the molecule is C=C/C(CNC(=O)C(=O)NCC#N)=C(\C=C)C(=O)NC1(c2cccc3ccccc23)CC1. The smallest absolute Gasteiger partial charge is 0.310 e. The minimum absolute atomic E-state index is 0.0850. The van der Waals surface area contributed by atoms with Gasteiger partial charge < -0.3 is 16.0 Å². The Bertz CT molecular complexity index is 1160. The molecule has 0 saturated heterocycles. The van der Waals surface area contributed by atoms with Crippen LogP contribution in [0, 0.1) is 11.3 Å². The summed E-state index contributed by atoms with van der Waals surface area (Å²) in [4.78, 5) is 36.6. The normalized spacial score (nSPS) is 14.3.